The van der Waals surface area contributed by atoms with Gasteiger partial charge in [0.25, 0.3) is 0 Å². The first-order chi connectivity index (χ1) is 11.0. The third-order valence-corrected chi connectivity index (χ3v) is 3.77. The number of carboxylic acid groups (broad SMARTS) is 1. The highest BCUT2D eigenvalue weighted by molar-refractivity contribution is 5.85. The Morgan fingerprint density at radius 3 is 2.67 bits per heavy atom. The topological polar surface area (TPSA) is 70.1 Å². The Bertz CT molecular complexity index is 556. The van der Waals surface area contributed by atoms with Gasteiger partial charge in [-0.05, 0) is 24.7 Å². The Hall–Kier alpha value is -1.70. The molecule has 1 fully saturated rings. The van der Waals surface area contributed by atoms with Gasteiger partial charge in [-0.2, -0.15) is 0 Å². The molecule has 2 rings (SSSR count). The molecule has 1 aromatic rings. The SMILES string of the molecule is CN(CCC(=O)O)CC(=O)N1CCOC(c2ccc(F)cc2)C1.Cl. The van der Waals surface area contributed by atoms with E-state index in [0.717, 1.165) is 5.56 Å². The first kappa shape index (κ1) is 20.3. The molecule has 8 heteroatoms. The van der Waals surface area contributed by atoms with E-state index in [1.807, 2.05) is 0 Å². The number of carbonyl (C=O) groups excluding carboxylic acids is 1. The monoisotopic (exact) mass is 360 g/mol. The number of carbonyl (C=O) groups is 2. The minimum Gasteiger partial charge on any atom is -0.481 e. The van der Waals surface area contributed by atoms with Crippen molar-refractivity contribution in [2.24, 2.45) is 0 Å². The first-order valence-corrected chi connectivity index (χ1v) is 7.51. The smallest absolute Gasteiger partial charge is 0.304 e. The molecule has 1 unspecified atom stereocenters. The van der Waals surface area contributed by atoms with Crippen LogP contribution in [0.4, 0.5) is 4.39 Å². The molecule has 24 heavy (non-hydrogen) atoms. The lowest BCUT2D eigenvalue weighted by molar-refractivity contribution is -0.141. The van der Waals surface area contributed by atoms with Crippen LogP contribution >= 0.6 is 12.4 Å². The molecule has 1 heterocycles. The van der Waals surface area contributed by atoms with Gasteiger partial charge < -0.3 is 14.7 Å². The van der Waals surface area contributed by atoms with Crippen LogP contribution < -0.4 is 0 Å². The molecule has 0 saturated carbocycles. The van der Waals surface area contributed by atoms with Gasteiger partial charge in [-0.1, -0.05) is 12.1 Å². The number of nitrogens with zero attached hydrogens (tertiary/aromatic N) is 2. The molecule has 1 aromatic carbocycles. The number of amides is 1. The Labute approximate surface area is 146 Å². The van der Waals surface area contributed by atoms with E-state index in [-0.39, 0.29) is 43.2 Å². The van der Waals surface area contributed by atoms with E-state index < -0.39 is 5.97 Å². The summed E-state index contributed by atoms with van der Waals surface area (Å²) < 4.78 is 18.6. The van der Waals surface area contributed by atoms with Crippen LogP contribution in [0, 0.1) is 5.82 Å². The molecule has 1 saturated heterocycles. The van der Waals surface area contributed by atoms with Crippen molar-refractivity contribution in [2.75, 3.05) is 39.8 Å². The molecule has 1 N–H and O–H groups in total. The van der Waals surface area contributed by atoms with Gasteiger partial charge in [-0.15, -0.1) is 12.4 Å². The fourth-order valence-electron chi connectivity index (χ4n) is 2.45. The highest BCUT2D eigenvalue weighted by Crippen LogP contribution is 2.22. The molecule has 0 spiro atoms. The van der Waals surface area contributed by atoms with Crippen molar-refractivity contribution in [3.63, 3.8) is 0 Å². The van der Waals surface area contributed by atoms with Crippen LogP contribution in [0.15, 0.2) is 24.3 Å². The Balaban J connectivity index is 0.00000288. The number of benzene rings is 1. The van der Waals surface area contributed by atoms with Crippen LogP contribution in [0.2, 0.25) is 0 Å². The summed E-state index contributed by atoms with van der Waals surface area (Å²) in [6.45, 7) is 1.84. The third-order valence-electron chi connectivity index (χ3n) is 3.77. The second kappa shape index (κ2) is 9.56. The number of morpholine rings is 1. The molecule has 0 aromatic heterocycles. The van der Waals surface area contributed by atoms with E-state index in [9.17, 15) is 14.0 Å². The fraction of sp³-hybridized carbons (Fsp3) is 0.500. The molecule has 1 amide bonds. The van der Waals surface area contributed by atoms with E-state index in [4.69, 9.17) is 9.84 Å². The molecule has 1 atom stereocenters. The second-order valence-electron chi connectivity index (χ2n) is 5.63. The Morgan fingerprint density at radius 2 is 2.04 bits per heavy atom. The summed E-state index contributed by atoms with van der Waals surface area (Å²) in [5.74, 6) is -1.25. The van der Waals surface area contributed by atoms with Crippen molar-refractivity contribution in [1.82, 2.24) is 9.80 Å². The summed E-state index contributed by atoms with van der Waals surface area (Å²) in [6.07, 6.45) is -0.261. The van der Waals surface area contributed by atoms with Crippen molar-refractivity contribution < 1.29 is 23.8 Å². The predicted molar refractivity (Wildman–Crippen MR) is 88.7 cm³/mol. The van der Waals surface area contributed by atoms with Crippen LogP contribution in [-0.2, 0) is 14.3 Å². The highest BCUT2D eigenvalue weighted by Gasteiger charge is 2.25. The highest BCUT2D eigenvalue weighted by atomic mass is 35.5. The summed E-state index contributed by atoms with van der Waals surface area (Å²) in [6, 6.07) is 6.07. The zero-order chi connectivity index (χ0) is 16.8. The maximum atomic E-state index is 13.0. The molecule has 134 valence electrons. The molecule has 0 bridgehead atoms. The maximum Gasteiger partial charge on any atom is 0.304 e. The number of ether oxygens (including phenoxy) is 1. The molecule has 0 aliphatic carbocycles. The van der Waals surface area contributed by atoms with Crippen LogP contribution in [0.5, 0.6) is 0 Å². The number of halogens is 2. The summed E-state index contributed by atoms with van der Waals surface area (Å²) in [5, 5.41) is 8.66. The molecular formula is C16H22ClFN2O4. The predicted octanol–water partition coefficient (Wildman–Crippen LogP) is 1.55. The van der Waals surface area contributed by atoms with Crippen LogP contribution in [-0.4, -0.2) is 66.6 Å². The van der Waals surface area contributed by atoms with Gasteiger partial charge in [-0.3, -0.25) is 14.5 Å². The lowest BCUT2D eigenvalue weighted by Crippen LogP contribution is -2.46. The van der Waals surface area contributed by atoms with E-state index in [0.29, 0.717) is 26.2 Å². The molecule has 0 radical (unpaired) electrons. The minimum absolute atomic E-state index is 0. The summed E-state index contributed by atoms with van der Waals surface area (Å²) in [5.41, 5.74) is 0.836. The van der Waals surface area contributed by atoms with Gasteiger partial charge in [-0.25, -0.2) is 4.39 Å². The zero-order valence-corrected chi connectivity index (χ0v) is 14.3. The van der Waals surface area contributed by atoms with Gasteiger partial charge in [0.2, 0.25) is 5.91 Å². The van der Waals surface area contributed by atoms with Gasteiger partial charge in [0.15, 0.2) is 0 Å². The van der Waals surface area contributed by atoms with Crippen molar-refractivity contribution in [3.8, 4) is 0 Å². The number of aliphatic carboxylic acids is 1. The normalized spacial score (nSPS) is 17.5. The van der Waals surface area contributed by atoms with Crippen LogP contribution in [0.1, 0.15) is 18.1 Å². The first-order valence-electron chi connectivity index (χ1n) is 7.51. The van der Waals surface area contributed by atoms with Gasteiger partial charge >= 0.3 is 5.97 Å². The van der Waals surface area contributed by atoms with E-state index >= 15 is 0 Å². The second-order valence-corrected chi connectivity index (χ2v) is 5.63. The average Bonchev–Trinajstić information content (AvgIpc) is 2.53. The molecular weight excluding hydrogens is 339 g/mol. The van der Waals surface area contributed by atoms with Crippen LogP contribution in [0.25, 0.3) is 0 Å². The van der Waals surface area contributed by atoms with Crippen molar-refractivity contribution in [3.05, 3.63) is 35.6 Å². The molecule has 1 aliphatic heterocycles. The maximum absolute atomic E-state index is 13.0. The Morgan fingerprint density at radius 1 is 1.38 bits per heavy atom. The summed E-state index contributed by atoms with van der Waals surface area (Å²) >= 11 is 0. The van der Waals surface area contributed by atoms with Gasteiger partial charge in [0.05, 0.1) is 26.1 Å². The fourth-order valence-corrected chi connectivity index (χ4v) is 2.45. The van der Waals surface area contributed by atoms with Gasteiger partial charge in [0, 0.05) is 13.1 Å². The third kappa shape index (κ3) is 6.07. The van der Waals surface area contributed by atoms with E-state index in [2.05, 4.69) is 0 Å². The Kier molecular flexibility index (Phi) is 8.10. The lowest BCUT2D eigenvalue weighted by atomic mass is 10.1. The van der Waals surface area contributed by atoms with Gasteiger partial charge in [0.1, 0.15) is 11.9 Å². The number of likely N-dealkylation sites (N-methyl/N-ethyl adjacent to an activating group) is 1. The number of carboxylic acids is 1. The number of rotatable bonds is 6. The quantitative estimate of drug-likeness (QED) is 0.833. The summed E-state index contributed by atoms with van der Waals surface area (Å²) in [4.78, 5) is 26.3. The van der Waals surface area contributed by atoms with Crippen LogP contribution in [0.3, 0.4) is 0 Å². The van der Waals surface area contributed by atoms with Crippen molar-refractivity contribution in [2.45, 2.75) is 12.5 Å². The number of hydrogen-bond acceptors (Lipinski definition) is 4. The van der Waals surface area contributed by atoms with Crippen molar-refractivity contribution >= 4 is 24.3 Å². The molecule has 6 nitrogen and oxygen atoms in total. The largest absolute Gasteiger partial charge is 0.481 e. The summed E-state index contributed by atoms with van der Waals surface area (Å²) in [7, 11) is 1.72. The standard InChI is InChI=1S/C16H21FN2O4.ClH/c1-18(7-6-16(21)22)11-15(20)19-8-9-23-14(10-19)12-2-4-13(17)5-3-12;/h2-5,14H,6-11H2,1H3,(H,21,22);1H. The van der Waals surface area contributed by atoms with E-state index in [1.54, 1.807) is 29.0 Å². The zero-order valence-electron chi connectivity index (χ0n) is 13.5. The number of hydrogen-bond donors (Lipinski definition) is 1. The lowest BCUT2D eigenvalue weighted by Gasteiger charge is -2.34. The molecule has 1 aliphatic rings. The average molecular weight is 361 g/mol. The van der Waals surface area contributed by atoms with E-state index in [1.165, 1.54) is 12.1 Å². The van der Waals surface area contributed by atoms with Crippen molar-refractivity contribution in [1.29, 1.82) is 0 Å². The minimum atomic E-state index is -0.882.